The van der Waals surface area contributed by atoms with E-state index in [2.05, 4.69) is 10.4 Å². The van der Waals surface area contributed by atoms with Gasteiger partial charge in [-0.3, -0.25) is 19.5 Å². The van der Waals surface area contributed by atoms with Crippen molar-refractivity contribution < 1.29 is 23.5 Å². The van der Waals surface area contributed by atoms with Crippen molar-refractivity contribution in [1.29, 1.82) is 0 Å². The summed E-state index contributed by atoms with van der Waals surface area (Å²) in [5.74, 6) is -2.76. The lowest BCUT2D eigenvalue weighted by molar-refractivity contribution is -0.137. The number of halogens is 2. The van der Waals surface area contributed by atoms with Crippen LogP contribution in [0.4, 0.5) is 8.78 Å². The van der Waals surface area contributed by atoms with Crippen molar-refractivity contribution in [3.05, 3.63) is 112 Å². The van der Waals surface area contributed by atoms with E-state index in [0.717, 1.165) is 22.4 Å². The number of aromatic amines is 1. The normalized spacial score (nSPS) is 11.7. The van der Waals surface area contributed by atoms with Gasteiger partial charge in [-0.1, -0.05) is 42.5 Å². The summed E-state index contributed by atoms with van der Waals surface area (Å²) in [7, 11) is 0. The lowest BCUT2D eigenvalue weighted by Gasteiger charge is -2.17. The molecular formula is C25H19F2N3O4. The van der Waals surface area contributed by atoms with Gasteiger partial charge in [-0.2, -0.15) is 0 Å². The number of H-pyrrole nitrogens is 1. The Labute approximate surface area is 192 Å². The maximum Gasteiger partial charge on any atom is 0.305 e. The number of carboxylic acid groups (broad SMARTS) is 1. The third kappa shape index (κ3) is 5.09. The Kier molecular flexibility index (Phi) is 6.35. The lowest BCUT2D eigenvalue weighted by atomic mass is 9.99. The number of amides is 1. The van der Waals surface area contributed by atoms with E-state index >= 15 is 0 Å². The summed E-state index contributed by atoms with van der Waals surface area (Å²) in [6.07, 6.45) is -0.403. The molecule has 1 heterocycles. The van der Waals surface area contributed by atoms with E-state index in [4.69, 9.17) is 0 Å². The van der Waals surface area contributed by atoms with Crippen LogP contribution in [0.15, 0.2) is 83.7 Å². The number of carbonyl (C=O) groups is 2. The van der Waals surface area contributed by atoms with E-state index in [9.17, 15) is 28.3 Å². The number of hydrogen-bond donors (Lipinski definition) is 3. The summed E-state index contributed by atoms with van der Waals surface area (Å²) in [6, 6.07) is 18.2. The Morgan fingerprint density at radius 1 is 0.912 bits per heavy atom. The maximum absolute atomic E-state index is 13.5. The molecule has 34 heavy (non-hydrogen) atoms. The first-order valence-electron chi connectivity index (χ1n) is 10.3. The first-order chi connectivity index (χ1) is 16.3. The fourth-order valence-corrected chi connectivity index (χ4v) is 3.56. The number of aliphatic carboxylic acids is 1. The molecule has 0 spiro atoms. The quantitative estimate of drug-likeness (QED) is 0.385. The molecule has 1 unspecified atom stereocenters. The maximum atomic E-state index is 13.5. The van der Waals surface area contributed by atoms with Crippen molar-refractivity contribution in [2.45, 2.75) is 12.5 Å². The minimum Gasteiger partial charge on any atom is -0.481 e. The van der Waals surface area contributed by atoms with E-state index in [0.29, 0.717) is 11.1 Å². The van der Waals surface area contributed by atoms with Crippen LogP contribution in [0.25, 0.3) is 16.8 Å². The number of hydrogen-bond acceptors (Lipinski definition) is 3. The molecule has 7 nitrogen and oxygen atoms in total. The first kappa shape index (κ1) is 22.7. The summed E-state index contributed by atoms with van der Waals surface area (Å²) >= 11 is 0. The van der Waals surface area contributed by atoms with Gasteiger partial charge in [0.05, 0.1) is 18.2 Å². The van der Waals surface area contributed by atoms with Crippen LogP contribution in [0.3, 0.4) is 0 Å². The number of nitrogens with one attached hydrogen (secondary N) is 2. The molecule has 0 fully saturated rings. The van der Waals surface area contributed by atoms with Crippen LogP contribution in [0, 0.1) is 11.6 Å². The molecule has 4 rings (SSSR count). The molecule has 0 aliphatic rings. The number of benzene rings is 3. The van der Waals surface area contributed by atoms with Gasteiger partial charge in [0.15, 0.2) is 0 Å². The molecule has 3 aromatic carbocycles. The second-order valence-corrected chi connectivity index (χ2v) is 7.58. The van der Waals surface area contributed by atoms with Gasteiger partial charge in [-0.25, -0.2) is 13.5 Å². The monoisotopic (exact) mass is 463 g/mol. The topological polar surface area (TPSA) is 104 Å². The molecule has 9 heteroatoms. The summed E-state index contributed by atoms with van der Waals surface area (Å²) in [5.41, 5.74) is 1.41. The highest BCUT2D eigenvalue weighted by Gasteiger charge is 2.21. The Balaban J connectivity index is 1.57. The molecule has 3 N–H and O–H groups in total. The lowest BCUT2D eigenvalue weighted by Crippen LogP contribution is -2.30. The van der Waals surface area contributed by atoms with Crippen LogP contribution < -0.4 is 10.9 Å². The molecule has 1 amide bonds. The molecular weight excluding hydrogens is 444 g/mol. The van der Waals surface area contributed by atoms with Gasteiger partial charge in [0.25, 0.3) is 11.5 Å². The highest BCUT2D eigenvalue weighted by Crippen LogP contribution is 2.24. The third-order valence-corrected chi connectivity index (χ3v) is 5.19. The van der Waals surface area contributed by atoms with Gasteiger partial charge in [-0.15, -0.1) is 0 Å². The van der Waals surface area contributed by atoms with Crippen molar-refractivity contribution in [2.75, 3.05) is 0 Å². The van der Waals surface area contributed by atoms with Crippen molar-refractivity contribution in [2.24, 2.45) is 0 Å². The summed E-state index contributed by atoms with van der Waals surface area (Å²) in [5, 5.41) is 14.6. The molecule has 172 valence electrons. The SMILES string of the molecule is O=C(O)CC(NC(=O)c1cc(=O)n(-c2cccc(F)c2)[nH]1)c1ccc(-c2cccc(F)c2)cc1. The Bertz CT molecular complexity index is 1410. The van der Waals surface area contributed by atoms with Gasteiger partial charge in [-0.05, 0) is 47.0 Å². The van der Waals surface area contributed by atoms with Gasteiger partial charge in [0, 0.05) is 6.07 Å². The number of carbonyl (C=O) groups excluding carboxylic acids is 1. The standard InChI is InChI=1S/C25H19F2N3O4/c26-18-4-1-3-17(11-18)15-7-9-16(10-8-15)21(14-24(32)33)28-25(34)22-13-23(31)30(29-22)20-6-2-5-19(27)12-20/h1-13,21,29H,14H2,(H,28,34)(H,32,33). The van der Waals surface area contributed by atoms with Crippen LogP contribution in [-0.4, -0.2) is 26.8 Å². The predicted octanol–water partition coefficient (Wildman–Crippen LogP) is 4.06. The van der Waals surface area contributed by atoms with E-state index in [1.807, 2.05) is 0 Å². The zero-order valence-electron chi connectivity index (χ0n) is 17.7. The largest absolute Gasteiger partial charge is 0.481 e. The van der Waals surface area contributed by atoms with Crippen molar-refractivity contribution in [3.63, 3.8) is 0 Å². The van der Waals surface area contributed by atoms with E-state index in [1.54, 1.807) is 36.4 Å². The average Bonchev–Trinajstić information content (AvgIpc) is 3.20. The molecule has 1 atom stereocenters. The number of carboxylic acids is 1. The molecule has 1 aromatic heterocycles. The van der Waals surface area contributed by atoms with E-state index in [-0.39, 0.29) is 17.2 Å². The molecule has 0 saturated carbocycles. The molecule has 0 radical (unpaired) electrons. The fourth-order valence-electron chi connectivity index (χ4n) is 3.56. The zero-order valence-corrected chi connectivity index (χ0v) is 17.7. The second kappa shape index (κ2) is 9.53. The molecule has 0 bridgehead atoms. The zero-order chi connectivity index (χ0) is 24.2. The summed E-state index contributed by atoms with van der Waals surface area (Å²) in [6.45, 7) is 0. The van der Waals surface area contributed by atoms with Gasteiger partial charge in [0.1, 0.15) is 17.3 Å². The average molecular weight is 463 g/mol. The predicted molar refractivity (Wildman–Crippen MR) is 121 cm³/mol. The van der Waals surface area contributed by atoms with Gasteiger partial charge in [0.2, 0.25) is 0 Å². The highest BCUT2D eigenvalue weighted by atomic mass is 19.1. The van der Waals surface area contributed by atoms with Gasteiger partial charge < -0.3 is 10.4 Å². The fraction of sp³-hybridized carbons (Fsp3) is 0.0800. The number of nitrogens with zero attached hydrogens (tertiary/aromatic N) is 1. The van der Waals surface area contributed by atoms with Crippen LogP contribution in [0.5, 0.6) is 0 Å². The molecule has 0 aliphatic carbocycles. The van der Waals surface area contributed by atoms with Crippen LogP contribution in [0.2, 0.25) is 0 Å². The Hall–Kier alpha value is -4.53. The Morgan fingerprint density at radius 3 is 2.24 bits per heavy atom. The minimum atomic E-state index is -1.13. The van der Waals surface area contributed by atoms with Crippen LogP contribution in [0.1, 0.15) is 28.5 Å². The molecule has 0 aliphatic heterocycles. The van der Waals surface area contributed by atoms with Crippen LogP contribution in [-0.2, 0) is 4.79 Å². The van der Waals surface area contributed by atoms with E-state index < -0.39 is 35.7 Å². The number of rotatable bonds is 7. The van der Waals surface area contributed by atoms with E-state index in [1.165, 1.54) is 30.3 Å². The summed E-state index contributed by atoms with van der Waals surface area (Å²) in [4.78, 5) is 36.5. The smallest absolute Gasteiger partial charge is 0.305 e. The minimum absolute atomic E-state index is 0.110. The molecule has 0 saturated heterocycles. The highest BCUT2D eigenvalue weighted by molar-refractivity contribution is 5.92. The van der Waals surface area contributed by atoms with Crippen molar-refractivity contribution in [3.8, 4) is 16.8 Å². The second-order valence-electron chi connectivity index (χ2n) is 7.58. The number of aromatic nitrogens is 2. The van der Waals surface area contributed by atoms with Crippen molar-refractivity contribution >= 4 is 11.9 Å². The third-order valence-electron chi connectivity index (χ3n) is 5.19. The van der Waals surface area contributed by atoms with Gasteiger partial charge >= 0.3 is 5.97 Å². The van der Waals surface area contributed by atoms with Crippen LogP contribution >= 0.6 is 0 Å². The molecule has 4 aromatic rings. The first-order valence-corrected chi connectivity index (χ1v) is 10.3. The van der Waals surface area contributed by atoms with Crippen molar-refractivity contribution in [1.82, 2.24) is 15.1 Å². The Morgan fingerprint density at radius 2 is 1.59 bits per heavy atom. The summed E-state index contributed by atoms with van der Waals surface area (Å²) < 4.78 is 28.0.